The van der Waals surface area contributed by atoms with Gasteiger partial charge in [0.25, 0.3) is 5.91 Å². The number of nitrogens with one attached hydrogen (secondary N) is 4. The summed E-state index contributed by atoms with van der Waals surface area (Å²) in [6, 6.07) is 20.9. The van der Waals surface area contributed by atoms with Crippen molar-refractivity contribution in [2.45, 2.75) is 58.0 Å². The number of hydrogen-bond acceptors (Lipinski definition) is 4. The summed E-state index contributed by atoms with van der Waals surface area (Å²) in [5.41, 5.74) is 6.21. The predicted octanol–water partition coefficient (Wildman–Crippen LogP) is 3.73. The fraction of sp³-hybridized carbons (Fsp3) is 0.406. The van der Waals surface area contributed by atoms with E-state index in [-0.39, 0.29) is 17.7 Å². The van der Waals surface area contributed by atoms with Crippen molar-refractivity contribution in [3.8, 4) is 0 Å². The lowest BCUT2D eigenvalue weighted by Gasteiger charge is -2.29. The SMILES string of the molecule is CC(C)[C@H]1NC(=O)[C@@H](Cc2cccc3ccccc23)NCCCc2ccccc2CCCNC(=O)NN(C)C1=O. The third-order valence-electron chi connectivity index (χ3n) is 7.49. The summed E-state index contributed by atoms with van der Waals surface area (Å²) < 4.78 is 0. The Hall–Kier alpha value is -3.91. The first-order valence-corrected chi connectivity index (χ1v) is 14.2. The highest BCUT2D eigenvalue weighted by molar-refractivity contribution is 5.92. The van der Waals surface area contributed by atoms with Crippen LogP contribution >= 0.6 is 0 Å². The van der Waals surface area contributed by atoms with Crippen LogP contribution in [0.25, 0.3) is 10.8 Å². The molecule has 0 aromatic heterocycles. The summed E-state index contributed by atoms with van der Waals surface area (Å²) >= 11 is 0. The van der Waals surface area contributed by atoms with E-state index in [1.807, 2.05) is 38.1 Å². The monoisotopic (exact) mass is 543 g/mol. The summed E-state index contributed by atoms with van der Waals surface area (Å²) in [5, 5.41) is 12.7. The van der Waals surface area contributed by atoms with Crippen molar-refractivity contribution in [3.05, 3.63) is 83.4 Å². The molecule has 0 bridgehead atoms. The summed E-state index contributed by atoms with van der Waals surface area (Å²) in [7, 11) is 1.50. The highest BCUT2D eigenvalue weighted by Gasteiger charge is 2.30. The number of likely N-dealkylation sites (N-methyl/N-ethyl adjacent to an activating group) is 1. The third kappa shape index (κ3) is 7.60. The van der Waals surface area contributed by atoms with Crippen LogP contribution in [0.4, 0.5) is 4.79 Å². The van der Waals surface area contributed by atoms with Gasteiger partial charge in [-0.15, -0.1) is 0 Å². The molecule has 0 spiro atoms. The van der Waals surface area contributed by atoms with E-state index in [4.69, 9.17) is 0 Å². The van der Waals surface area contributed by atoms with E-state index in [0.717, 1.165) is 47.0 Å². The third-order valence-corrected chi connectivity index (χ3v) is 7.49. The van der Waals surface area contributed by atoms with Crippen LogP contribution < -0.4 is 21.4 Å². The molecule has 8 heteroatoms. The van der Waals surface area contributed by atoms with Gasteiger partial charge in [0.1, 0.15) is 6.04 Å². The van der Waals surface area contributed by atoms with Crippen LogP contribution in [0, 0.1) is 5.92 Å². The molecule has 2 atom stereocenters. The number of amides is 4. The van der Waals surface area contributed by atoms with Crippen LogP contribution in [0.5, 0.6) is 0 Å². The Bertz CT molecular complexity index is 1320. The highest BCUT2D eigenvalue weighted by Crippen LogP contribution is 2.20. The number of rotatable bonds is 3. The molecule has 0 saturated carbocycles. The van der Waals surface area contributed by atoms with E-state index in [1.165, 1.54) is 18.2 Å². The van der Waals surface area contributed by atoms with E-state index in [0.29, 0.717) is 19.5 Å². The quantitative estimate of drug-likeness (QED) is 0.404. The van der Waals surface area contributed by atoms with E-state index < -0.39 is 18.1 Å². The van der Waals surface area contributed by atoms with Crippen molar-refractivity contribution < 1.29 is 14.4 Å². The number of hydrogen-bond donors (Lipinski definition) is 4. The molecule has 0 saturated heterocycles. The number of fused-ring (bicyclic) bond motifs is 2. The lowest BCUT2D eigenvalue weighted by Crippen LogP contribution is -2.59. The van der Waals surface area contributed by atoms with Gasteiger partial charge < -0.3 is 16.0 Å². The summed E-state index contributed by atoms with van der Waals surface area (Å²) in [6.45, 7) is 4.92. The summed E-state index contributed by atoms with van der Waals surface area (Å²) in [6.07, 6.45) is 3.88. The maximum atomic E-state index is 13.7. The van der Waals surface area contributed by atoms with Gasteiger partial charge in [0, 0.05) is 13.6 Å². The van der Waals surface area contributed by atoms with Gasteiger partial charge in [-0.2, -0.15) is 0 Å². The topological polar surface area (TPSA) is 103 Å². The second-order valence-corrected chi connectivity index (χ2v) is 10.8. The fourth-order valence-corrected chi connectivity index (χ4v) is 5.25. The average Bonchev–Trinajstić information content (AvgIpc) is 2.95. The van der Waals surface area contributed by atoms with E-state index in [9.17, 15) is 14.4 Å². The minimum Gasteiger partial charge on any atom is -0.343 e. The number of aryl methyl sites for hydroxylation is 2. The van der Waals surface area contributed by atoms with Gasteiger partial charge in [-0.25, -0.2) is 10.2 Å². The minimum absolute atomic E-state index is 0.177. The zero-order valence-corrected chi connectivity index (χ0v) is 23.7. The summed E-state index contributed by atoms with van der Waals surface area (Å²) in [5.74, 6) is -0.791. The van der Waals surface area contributed by atoms with Crippen LogP contribution in [0.1, 0.15) is 43.4 Å². The molecule has 40 heavy (non-hydrogen) atoms. The van der Waals surface area contributed by atoms with Crippen LogP contribution in [-0.2, 0) is 28.9 Å². The number of nitrogens with zero attached hydrogens (tertiary/aromatic N) is 1. The Kier molecular flexibility index (Phi) is 10.1. The lowest BCUT2D eigenvalue weighted by molar-refractivity contribution is -0.138. The second-order valence-electron chi connectivity index (χ2n) is 10.8. The second kappa shape index (κ2) is 13.9. The molecule has 1 heterocycles. The molecule has 0 aliphatic carbocycles. The van der Waals surface area contributed by atoms with Crippen molar-refractivity contribution in [1.29, 1.82) is 0 Å². The smallest absolute Gasteiger partial charge is 0.333 e. The molecule has 4 amide bonds. The molecule has 3 aromatic carbocycles. The first-order chi connectivity index (χ1) is 19.3. The highest BCUT2D eigenvalue weighted by atomic mass is 16.2. The van der Waals surface area contributed by atoms with Gasteiger partial charge in [0.15, 0.2) is 0 Å². The molecule has 0 unspecified atom stereocenters. The number of hydrazine groups is 1. The van der Waals surface area contributed by atoms with Gasteiger partial charge in [0.2, 0.25) is 5.91 Å². The van der Waals surface area contributed by atoms with Gasteiger partial charge in [-0.3, -0.25) is 14.6 Å². The van der Waals surface area contributed by atoms with Gasteiger partial charge in [-0.05, 0) is 72.0 Å². The van der Waals surface area contributed by atoms with Crippen LogP contribution in [0.15, 0.2) is 66.7 Å². The van der Waals surface area contributed by atoms with Crippen LogP contribution in [0.3, 0.4) is 0 Å². The Morgan fingerprint density at radius 1 is 0.850 bits per heavy atom. The largest absolute Gasteiger partial charge is 0.343 e. The Labute approximate surface area is 236 Å². The van der Waals surface area contributed by atoms with Crippen molar-refractivity contribution in [1.82, 2.24) is 26.4 Å². The van der Waals surface area contributed by atoms with Crippen LogP contribution in [0.2, 0.25) is 0 Å². The Morgan fingerprint density at radius 2 is 1.50 bits per heavy atom. The molecule has 3 aromatic rings. The Morgan fingerprint density at radius 3 is 2.23 bits per heavy atom. The molecule has 1 aliphatic heterocycles. The fourth-order valence-electron chi connectivity index (χ4n) is 5.25. The van der Waals surface area contributed by atoms with Crippen molar-refractivity contribution in [2.75, 3.05) is 20.1 Å². The van der Waals surface area contributed by atoms with Crippen molar-refractivity contribution in [2.24, 2.45) is 5.92 Å². The minimum atomic E-state index is -0.791. The van der Waals surface area contributed by atoms with E-state index >= 15 is 0 Å². The number of carbonyl (C=O) groups is 3. The first kappa shape index (κ1) is 29.1. The molecule has 212 valence electrons. The molecule has 1 aliphatic rings. The number of benzene rings is 3. The first-order valence-electron chi connectivity index (χ1n) is 14.2. The number of urea groups is 1. The molecular weight excluding hydrogens is 502 g/mol. The summed E-state index contributed by atoms with van der Waals surface area (Å²) in [4.78, 5) is 39.5. The maximum absolute atomic E-state index is 13.7. The molecule has 4 N–H and O–H groups in total. The zero-order chi connectivity index (χ0) is 28.5. The van der Waals surface area contributed by atoms with Gasteiger partial charge >= 0.3 is 6.03 Å². The molecular formula is C32H41N5O3. The van der Waals surface area contributed by atoms with Crippen molar-refractivity contribution >= 4 is 28.6 Å². The van der Waals surface area contributed by atoms with Crippen LogP contribution in [-0.4, -0.2) is 55.1 Å². The van der Waals surface area contributed by atoms with E-state index in [1.54, 1.807) is 0 Å². The van der Waals surface area contributed by atoms with Gasteiger partial charge in [0.05, 0.1) is 6.04 Å². The van der Waals surface area contributed by atoms with Crippen molar-refractivity contribution in [3.63, 3.8) is 0 Å². The molecule has 8 nitrogen and oxygen atoms in total. The normalized spacial score (nSPS) is 20.2. The molecule has 4 rings (SSSR count). The lowest BCUT2D eigenvalue weighted by atomic mass is 9.96. The Balaban J connectivity index is 1.60. The average molecular weight is 544 g/mol. The predicted molar refractivity (Wildman–Crippen MR) is 159 cm³/mol. The van der Waals surface area contributed by atoms with Gasteiger partial charge in [-0.1, -0.05) is 80.6 Å². The number of carbonyl (C=O) groups excluding carboxylic acids is 3. The molecule has 0 radical (unpaired) electrons. The standard InChI is InChI=1S/C32H41N5O3/c1-22(2)29-31(39)37(3)36-32(40)34-20-10-17-24-12-5-4-11-23(24)16-9-19-33-28(30(38)35-29)21-26-15-8-14-25-13-6-7-18-27(25)26/h4-8,11-15,18,22,28-29,33H,9-10,16-17,19-21H2,1-3H3,(H,35,38)(H2,34,36,40)/t28-,29-/m1/s1. The zero-order valence-electron chi connectivity index (χ0n) is 23.7. The maximum Gasteiger partial charge on any atom is 0.333 e. The van der Waals surface area contributed by atoms with E-state index in [2.05, 4.69) is 63.8 Å². The molecule has 0 fully saturated rings.